The number of hydrogen-bond acceptors (Lipinski definition) is 4. The van der Waals surface area contributed by atoms with E-state index >= 15 is 0 Å². The van der Waals surface area contributed by atoms with Gasteiger partial charge in [-0.05, 0) is 66.6 Å². The second-order valence-corrected chi connectivity index (χ2v) is 10.7. The summed E-state index contributed by atoms with van der Waals surface area (Å²) in [7, 11) is 0. The predicted molar refractivity (Wildman–Crippen MR) is 136 cm³/mol. The van der Waals surface area contributed by atoms with Crippen molar-refractivity contribution in [1.29, 1.82) is 0 Å². The monoisotopic (exact) mass is 496 g/mol. The molecule has 194 valence electrons. The van der Waals surface area contributed by atoms with Gasteiger partial charge in [0.2, 0.25) is 5.91 Å². The molecule has 2 aromatic rings. The minimum absolute atomic E-state index is 0.0359. The molecule has 1 fully saturated rings. The topological polar surface area (TPSA) is 67.9 Å². The fourth-order valence-electron chi connectivity index (χ4n) is 4.94. The summed E-state index contributed by atoms with van der Waals surface area (Å²) in [6, 6.07) is 11.8. The Balaban J connectivity index is 1.60. The molecule has 0 spiro atoms. The first-order valence-electron chi connectivity index (χ1n) is 12.9. The summed E-state index contributed by atoms with van der Waals surface area (Å²) in [5.41, 5.74) is 2.34. The lowest BCUT2D eigenvalue weighted by atomic mass is 9.85. The van der Waals surface area contributed by atoms with E-state index in [1.807, 2.05) is 50.8 Å². The zero-order valence-corrected chi connectivity index (χ0v) is 21.7. The largest absolute Gasteiger partial charge is 0.481 e. The highest BCUT2D eigenvalue weighted by molar-refractivity contribution is 5.83. The van der Waals surface area contributed by atoms with E-state index in [-0.39, 0.29) is 29.8 Å². The summed E-state index contributed by atoms with van der Waals surface area (Å²) < 4.78 is 25.5. The molecule has 2 heterocycles. The van der Waals surface area contributed by atoms with Crippen LogP contribution in [0.15, 0.2) is 42.5 Å². The molecule has 2 aliphatic rings. The molecule has 6 nitrogen and oxygen atoms in total. The van der Waals surface area contributed by atoms with Gasteiger partial charge in [0.1, 0.15) is 11.6 Å². The Kier molecular flexibility index (Phi) is 7.98. The maximum Gasteiger partial charge on any atom is 0.261 e. The third-order valence-electron chi connectivity index (χ3n) is 6.90. The molecule has 0 unspecified atom stereocenters. The van der Waals surface area contributed by atoms with Crippen LogP contribution in [0.4, 0.5) is 4.39 Å². The lowest BCUT2D eigenvalue weighted by molar-refractivity contribution is -0.141. The van der Waals surface area contributed by atoms with Gasteiger partial charge in [-0.25, -0.2) is 4.39 Å². The molecule has 0 aromatic heterocycles. The molecule has 0 bridgehead atoms. The normalized spacial score (nSPS) is 20.5. The molecule has 1 saturated heterocycles. The van der Waals surface area contributed by atoms with Crippen LogP contribution in [0, 0.1) is 11.2 Å². The van der Waals surface area contributed by atoms with E-state index < -0.39 is 11.5 Å². The van der Waals surface area contributed by atoms with Gasteiger partial charge in [0, 0.05) is 25.1 Å². The average Bonchev–Trinajstić information content (AvgIpc) is 3.38. The van der Waals surface area contributed by atoms with E-state index in [1.165, 1.54) is 12.1 Å². The van der Waals surface area contributed by atoms with Gasteiger partial charge in [-0.2, -0.15) is 0 Å². The molecule has 1 N–H and O–H groups in total. The number of benzene rings is 2. The highest BCUT2D eigenvalue weighted by Crippen LogP contribution is 2.39. The third kappa shape index (κ3) is 5.89. The molecule has 3 atom stereocenters. The number of ether oxygens (including phenoxy) is 2. The van der Waals surface area contributed by atoms with Crippen molar-refractivity contribution in [3.8, 4) is 5.75 Å². The van der Waals surface area contributed by atoms with Crippen LogP contribution in [0.25, 0.3) is 0 Å². The van der Waals surface area contributed by atoms with Crippen molar-refractivity contribution in [3.63, 3.8) is 0 Å². The maximum atomic E-state index is 13.7. The van der Waals surface area contributed by atoms with Crippen LogP contribution in [0.1, 0.15) is 69.7 Å². The average molecular weight is 497 g/mol. The summed E-state index contributed by atoms with van der Waals surface area (Å²) >= 11 is 0. The Morgan fingerprint density at radius 3 is 2.58 bits per heavy atom. The lowest BCUT2D eigenvalue weighted by Gasteiger charge is -2.41. The van der Waals surface area contributed by atoms with E-state index in [9.17, 15) is 14.0 Å². The minimum Gasteiger partial charge on any atom is -0.481 e. The highest BCUT2D eigenvalue weighted by atomic mass is 19.1. The van der Waals surface area contributed by atoms with Crippen LogP contribution in [0.5, 0.6) is 5.75 Å². The Bertz CT molecular complexity index is 1070. The molecule has 2 amide bonds. The van der Waals surface area contributed by atoms with Crippen molar-refractivity contribution in [3.05, 3.63) is 65.0 Å². The van der Waals surface area contributed by atoms with Crippen molar-refractivity contribution in [2.24, 2.45) is 5.41 Å². The van der Waals surface area contributed by atoms with Gasteiger partial charge in [-0.1, -0.05) is 45.9 Å². The molecular weight excluding hydrogens is 459 g/mol. The van der Waals surface area contributed by atoms with E-state index in [0.29, 0.717) is 31.7 Å². The first kappa shape index (κ1) is 26.1. The molecular formula is C29H37FN2O4. The molecule has 2 aromatic carbocycles. The van der Waals surface area contributed by atoms with Gasteiger partial charge in [-0.3, -0.25) is 9.59 Å². The number of nitrogens with zero attached hydrogens (tertiary/aromatic N) is 1. The van der Waals surface area contributed by atoms with Crippen LogP contribution in [0.3, 0.4) is 0 Å². The van der Waals surface area contributed by atoms with E-state index in [1.54, 1.807) is 12.1 Å². The van der Waals surface area contributed by atoms with Crippen LogP contribution in [-0.4, -0.2) is 48.6 Å². The Morgan fingerprint density at radius 2 is 1.94 bits per heavy atom. The number of rotatable bonds is 7. The van der Waals surface area contributed by atoms with Gasteiger partial charge in [0.25, 0.3) is 5.91 Å². The highest BCUT2D eigenvalue weighted by Gasteiger charge is 2.37. The fraction of sp³-hybridized carbons (Fsp3) is 0.517. The number of halogens is 1. The van der Waals surface area contributed by atoms with Crippen molar-refractivity contribution in [2.45, 2.75) is 71.6 Å². The number of carbonyl (C=O) groups is 2. The van der Waals surface area contributed by atoms with Crippen LogP contribution in [-0.2, 0) is 20.7 Å². The standard InChI is InChI=1S/C29H37FN2O4/c1-5-25(27(33)31-18-23-7-6-16-35-23)36-22-13-10-19-14-15-32(28(34)29(2,3)4)26(24(19)17-22)20-8-11-21(30)12-9-20/h8-13,17,23,25-26H,5-7,14-16,18H2,1-4H3,(H,31,33)/t23-,25-,26-/m0/s1. The molecule has 0 radical (unpaired) electrons. The minimum atomic E-state index is -0.635. The molecule has 2 aliphatic heterocycles. The molecule has 4 rings (SSSR count). The summed E-state index contributed by atoms with van der Waals surface area (Å²) in [5, 5.41) is 2.96. The van der Waals surface area contributed by atoms with Crippen molar-refractivity contribution in [1.82, 2.24) is 10.2 Å². The molecule has 0 saturated carbocycles. The number of fused-ring (bicyclic) bond motifs is 1. The predicted octanol–water partition coefficient (Wildman–Crippen LogP) is 4.80. The summed E-state index contributed by atoms with van der Waals surface area (Å²) in [4.78, 5) is 28.1. The Hall–Kier alpha value is -2.93. The van der Waals surface area contributed by atoms with Gasteiger partial charge in [-0.15, -0.1) is 0 Å². The quantitative estimate of drug-likeness (QED) is 0.598. The Labute approximate surface area is 213 Å². The summed E-state index contributed by atoms with van der Waals surface area (Å²) in [6.07, 6.45) is 2.64. The third-order valence-corrected chi connectivity index (χ3v) is 6.90. The SMILES string of the molecule is CC[C@H](Oc1ccc2c(c1)[C@H](c1ccc(F)cc1)N(C(=O)C(C)(C)C)CC2)C(=O)NC[C@@H]1CCCO1. The second kappa shape index (κ2) is 11.0. The second-order valence-electron chi connectivity index (χ2n) is 10.7. The summed E-state index contributed by atoms with van der Waals surface area (Å²) in [5.74, 6) is 0.129. The first-order chi connectivity index (χ1) is 17.2. The first-order valence-corrected chi connectivity index (χ1v) is 12.9. The molecule has 0 aliphatic carbocycles. The van der Waals surface area contributed by atoms with Crippen LogP contribution in [0.2, 0.25) is 0 Å². The van der Waals surface area contributed by atoms with Gasteiger partial charge in [0.15, 0.2) is 6.10 Å². The van der Waals surface area contributed by atoms with Crippen molar-refractivity contribution in [2.75, 3.05) is 19.7 Å². The van der Waals surface area contributed by atoms with Gasteiger partial charge in [0.05, 0.1) is 12.1 Å². The van der Waals surface area contributed by atoms with Crippen LogP contribution < -0.4 is 10.1 Å². The van der Waals surface area contributed by atoms with Crippen molar-refractivity contribution < 1.29 is 23.5 Å². The van der Waals surface area contributed by atoms with E-state index in [0.717, 1.165) is 36.1 Å². The van der Waals surface area contributed by atoms with Gasteiger partial charge < -0.3 is 19.7 Å². The Morgan fingerprint density at radius 1 is 1.19 bits per heavy atom. The van der Waals surface area contributed by atoms with Crippen molar-refractivity contribution >= 4 is 11.8 Å². The van der Waals surface area contributed by atoms with E-state index in [2.05, 4.69) is 5.32 Å². The van der Waals surface area contributed by atoms with Crippen LogP contribution >= 0.6 is 0 Å². The smallest absolute Gasteiger partial charge is 0.261 e. The number of carbonyl (C=O) groups excluding carboxylic acids is 2. The number of nitrogens with one attached hydrogen (secondary N) is 1. The van der Waals surface area contributed by atoms with Gasteiger partial charge >= 0.3 is 0 Å². The van der Waals surface area contributed by atoms with E-state index in [4.69, 9.17) is 9.47 Å². The zero-order chi connectivity index (χ0) is 25.9. The lowest BCUT2D eigenvalue weighted by Crippen LogP contribution is -2.45. The fourth-order valence-corrected chi connectivity index (χ4v) is 4.94. The molecule has 36 heavy (non-hydrogen) atoms. The molecule has 7 heteroatoms. The maximum absolute atomic E-state index is 13.7. The number of hydrogen-bond donors (Lipinski definition) is 1. The summed E-state index contributed by atoms with van der Waals surface area (Å²) in [6.45, 7) is 9.45. The zero-order valence-electron chi connectivity index (χ0n) is 21.7. The number of amides is 2.